The monoisotopic (exact) mass is 454 g/mol. The number of benzene rings is 2. The molecule has 0 spiro atoms. The summed E-state index contributed by atoms with van der Waals surface area (Å²) in [5.41, 5.74) is 1.57. The number of Topliss-reactive ketones (excluding diaryl/α,β-unsaturated/α-hetero) is 1. The Hall–Kier alpha value is -3.72. The number of thiazole rings is 1. The van der Waals surface area contributed by atoms with Gasteiger partial charge in [-0.1, -0.05) is 12.1 Å². The minimum atomic E-state index is -1.09. The summed E-state index contributed by atoms with van der Waals surface area (Å²) in [5.74, 6) is -0.340. The van der Waals surface area contributed by atoms with Crippen LogP contribution in [0.25, 0.3) is 10.6 Å². The first-order valence-electron chi connectivity index (χ1n) is 9.63. The Bertz CT molecular complexity index is 1160. The molecule has 1 N–H and O–H groups in total. The summed E-state index contributed by atoms with van der Waals surface area (Å²) < 4.78 is 15.8. The molecule has 2 aromatic carbocycles. The average molecular weight is 455 g/mol. The van der Waals surface area contributed by atoms with E-state index in [2.05, 4.69) is 10.3 Å². The fourth-order valence-electron chi connectivity index (χ4n) is 2.88. The number of rotatable bonds is 8. The smallest absolute Gasteiger partial charge is 0.358 e. The van der Waals surface area contributed by atoms with Crippen molar-refractivity contribution < 1.29 is 28.6 Å². The molecule has 9 heteroatoms. The Balaban J connectivity index is 1.68. The molecule has 1 heterocycles. The van der Waals surface area contributed by atoms with E-state index in [0.717, 1.165) is 5.56 Å². The lowest BCUT2D eigenvalue weighted by atomic mass is 10.1. The number of ether oxygens (including phenoxy) is 3. The molecule has 0 aliphatic carbocycles. The van der Waals surface area contributed by atoms with Gasteiger partial charge in [-0.25, -0.2) is 9.78 Å². The van der Waals surface area contributed by atoms with E-state index in [1.165, 1.54) is 32.3 Å². The van der Waals surface area contributed by atoms with Crippen molar-refractivity contribution in [3.63, 3.8) is 0 Å². The summed E-state index contributed by atoms with van der Waals surface area (Å²) in [6.07, 6.45) is -1.09. The summed E-state index contributed by atoms with van der Waals surface area (Å²) in [6, 6.07) is 11.9. The van der Waals surface area contributed by atoms with Crippen LogP contribution in [-0.2, 0) is 9.53 Å². The summed E-state index contributed by atoms with van der Waals surface area (Å²) in [4.78, 5) is 41.0. The molecule has 8 nitrogen and oxygen atoms in total. The van der Waals surface area contributed by atoms with Crippen molar-refractivity contribution in [2.75, 3.05) is 19.5 Å². The van der Waals surface area contributed by atoms with E-state index in [0.29, 0.717) is 27.8 Å². The molecule has 1 aromatic heterocycles. The van der Waals surface area contributed by atoms with Gasteiger partial charge < -0.3 is 19.5 Å². The highest BCUT2D eigenvalue weighted by Crippen LogP contribution is 2.33. The van der Waals surface area contributed by atoms with Crippen LogP contribution in [0, 0.1) is 0 Å². The molecule has 1 unspecified atom stereocenters. The fourth-order valence-corrected chi connectivity index (χ4v) is 3.66. The van der Waals surface area contributed by atoms with Crippen molar-refractivity contribution in [2.45, 2.75) is 20.0 Å². The normalized spacial score (nSPS) is 11.4. The van der Waals surface area contributed by atoms with E-state index < -0.39 is 18.0 Å². The molecule has 0 aliphatic rings. The van der Waals surface area contributed by atoms with Crippen LogP contribution in [0.1, 0.15) is 34.7 Å². The average Bonchev–Trinajstić information content (AvgIpc) is 3.29. The van der Waals surface area contributed by atoms with Gasteiger partial charge in [0.1, 0.15) is 5.01 Å². The lowest BCUT2D eigenvalue weighted by Crippen LogP contribution is -2.30. The van der Waals surface area contributed by atoms with Crippen LogP contribution in [0.5, 0.6) is 11.5 Å². The molecule has 0 saturated heterocycles. The largest absolute Gasteiger partial charge is 0.493 e. The number of amides is 1. The molecular formula is C23H22N2O6S. The molecule has 0 fully saturated rings. The molecule has 0 bridgehead atoms. The highest BCUT2D eigenvalue weighted by Gasteiger charge is 2.22. The number of methoxy groups -OCH3 is 2. The first kappa shape index (κ1) is 23.0. The lowest BCUT2D eigenvalue weighted by molar-refractivity contribution is -0.123. The van der Waals surface area contributed by atoms with Gasteiger partial charge in [-0.15, -0.1) is 11.3 Å². The van der Waals surface area contributed by atoms with E-state index in [-0.39, 0.29) is 11.5 Å². The zero-order valence-corrected chi connectivity index (χ0v) is 18.8. The molecule has 1 atom stereocenters. The second-order valence-electron chi connectivity index (χ2n) is 6.75. The van der Waals surface area contributed by atoms with Gasteiger partial charge in [-0.05, 0) is 44.2 Å². The molecule has 3 rings (SSSR count). The molecule has 0 saturated carbocycles. The number of carbonyl (C=O) groups is 3. The number of nitrogens with zero attached hydrogens (tertiary/aromatic N) is 1. The third kappa shape index (κ3) is 5.12. The predicted octanol–water partition coefficient (Wildman–Crippen LogP) is 4.21. The third-order valence-corrected chi connectivity index (χ3v) is 5.45. The Labute approximate surface area is 189 Å². The van der Waals surface area contributed by atoms with Gasteiger partial charge in [0, 0.05) is 16.5 Å². The maximum Gasteiger partial charge on any atom is 0.358 e. The predicted molar refractivity (Wildman–Crippen MR) is 121 cm³/mol. The van der Waals surface area contributed by atoms with E-state index in [9.17, 15) is 14.4 Å². The standard InChI is InChI=1S/C23H22N2O6S/c1-13(26)16-7-5-6-8-17(16)24-21(27)14(2)31-23(28)18-12-32-22(25-18)15-9-10-19(29-3)20(11-15)30-4/h5-12,14H,1-4H3,(H,24,27). The minimum Gasteiger partial charge on any atom is -0.493 e. The molecule has 166 valence electrons. The Morgan fingerprint density at radius 2 is 1.75 bits per heavy atom. The van der Waals surface area contributed by atoms with Crippen LogP contribution in [0.2, 0.25) is 0 Å². The van der Waals surface area contributed by atoms with Gasteiger partial charge >= 0.3 is 5.97 Å². The van der Waals surface area contributed by atoms with Gasteiger partial charge in [0.2, 0.25) is 0 Å². The first-order valence-corrected chi connectivity index (χ1v) is 10.5. The van der Waals surface area contributed by atoms with Gasteiger partial charge in [-0.2, -0.15) is 0 Å². The quantitative estimate of drug-likeness (QED) is 0.402. The second-order valence-corrected chi connectivity index (χ2v) is 7.60. The maximum atomic E-state index is 12.5. The fraction of sp³-hybridized carbons (Fsp3) is 0.217. The van der Waals surface area contributed by atoms with Crippen LogP contribution >= 0.6 is 11.3 Å². The molecular weight excluding hydrogens is 432 g/mol. The summed E-state index contributed by atoms with van der Waals surface area (Å²) >= 11 is 1.26. The van der Waals surface area contributed by atoms with E-state index in [4.69, 9.17) is 14.2 Å². The van der Waals surface area contributed by atoms with Gasteiger partial charge in [0.05, 0.1) is 19.9 Å². The van der Waals surface area contributed by atoms with Crippen molar-refractivity contribution in [1.82, 2.24) is 4.98 Å². The van der Waals surface area contributed by atoms with Gasteiger partial charge in [0.15, 0.2) is 29.1 Å². The SMILES string of the molecule is COc1ccc(-c2nc(C(=O)OC(C)C(=O)Nc3ccccc3C(C)=O)cs2)cc1OC. The van der Waals surface area contributed by atoms with E-state index in [1.807, 2.05) is 0 Å². The highest BCUT2D eigenvalue weighted by molar-refractivity contribution is 7.13. The zero-order valence-electron chi connectivity index (χ0n) is 18.0. The first-order chi connectivity index (χ1) is 15.3. The Morgan fingerprint density at radius 3 is 2.44 bits per heavy atom. The molecule has 32 heavy (non-hydrogen) atoms. The van der Waals surface area contributed by atoms with Crippen LogP contribution in [0.15, 0.2) is 47.8 Å². The topological polar surface area (TPSA) is 104 Å². The van der Waals surface area contributed by atoms with E-state index >= 15 is 0 Å². The molecule has 0 aliphatic heterocycles. The minimum absolute atomic E-state index is 0.0866. The van der Waals surface area contributed by atoms with Crippen molar-refractivity contribution in [1.29, 1.82) is 0 Å². The van der Waals surface area contributed by atoms with Crippen LogP contribution in [0.3, 0.4) is 0 Å². The van der Waals surface area contributed by atoms with Gasteiger partial charge in [-0.3, -0.25) is 9.59 Å². The number of esters is 1. The molecule has 0 radical (unpaired) electrons. The number of carbonyl (C=O) groups excluding carboxylic acids is 3. The van der Waals surface area contributed by atoms with Crippen LogP contribution in [0.4, 0.5) is 5.69 Å². The van der Waals surface area contributed by atoms with Crippen molar-refractivity contribution in [3.05, 3.63) is 59.1 Å². The number of hydrogen-bond acceptors (Lipinski definition) is 8. The Kier molecular flexibility index (Phi) is 7.21. The number of anilines is 1. The number of aromatic nitrogens is 1. The maximum absolute atomic E-state index is 12.5. The lowest BCUT2D eigenvalue weighted by Gasteiger charge is -2.14. The zero-order chi connectivity index (χ0) is 23.3. The second kappa shape index (κ2) is 10.1. The number of hydrogen-bond donors (Lipinski definition) is 1. The highest BCUT2D eigenvalue weighted by atomic mass is 32.1. The third-order valence-electron chi connectivity index (χ3n) is 4.56. The van der Waals surface area contributed by atoms with Crippen LogP contribution in [-0.4, -0.2) is 43.0 Å². The number of nitrogens with one attached hydrogen (secondary N) is 1. The summed E-state index contributed by atoms with van der Waals surface area (Å²) in [7, 11) is 3.08. The molecule has 1 amide bonds. The van der Waals surface area contributed by atoms with Crippen molar-refractivity contribution in [3.8, 4) is 22.1 Å². The van der Waals surface area contributed by atoms with Crippen molar-refractivity contribution >= 4 is 34.7 Å². The Morgan fingerprint density at radius 1 is 1.03 bits per heavy atom. The van der Waals surface area contributed by atoms with Crippen molar-refractivity contribution in [2.24, 2.45) is 0 Å². The summed E-state index contributed by atoms with van der Waals surface area (Å²) in [6.45, 7) is 2.86. The van der Waals surface area contributed by atoms with E-state index in [1.54, 1.807) is 55.0 Å². The molecule has 3 aromatic rings. The number of para-hydroxylation sites is 1. The summed E-state index contributed by atoms with van der Waals surface area (Å²) in [5, 5.41) is 4.77. The number of ketones is 1. The van der Waals surface area contributed by atoms with Crippen LogP contribution < -0.4 is 14.8 Å². The van der Waals surface area contributed by atoms with Gasteiger partial charge in [0.25, 0.3) is 5.91 Å².